The van der Waals surface area contributed by atoms with E-state index in [9.17, 15) is 0 Å². The van der Waals surface area contributed by atoms with Gasteiger partial charge in [0.15, 0.2) is 0 Å². The molecule has 2 rings (SSSR count). The van der Waals surface area contributed by atoms with E-state index in [2.05, 4.69) is 20.4 Å². The number of nitrogens with zero attached hydrogens (tertiary/aromatic N) is 4. The maximum atomic E-state index is 5.57. The van der Waals surface area contributed by atoms with Crippen molar-refractivity contribution in [2.45, 2.75) is 13.3 Å². The third-order valence-corrected chi connectivity index (χ3v) is 2.33. The van der Waals surface area contributed by atoms with Gasteiger partial charge in [0, 0.05) is 38.0 Å². The highest BCUT2D eigenvalue weighted by Crippen LogP contribution is 2.07. The van der Waals surface area contributed by atoms with Crippen LogP contribution in [0.4, 0.5) is 11.8 Å². The highest BCUT2D eigenvalue weighted by Gasteiger charge is 2.00. The highest BCUT2D eigenvalue weighted by atomic mass is 15.2. The van der Waals surface area contributed by atoms with Crippen molar-refractivity contribution in [3.63, 3.8) is 0 Å². The first-order valence-corrected chi connectivity index (χ1v) is 5.47. The third-order valence-electron chi connectivity index (χ3n) is 2.33. The molecule has 0 saturated heterocycles. The number of nitrogens with two attached hydrogens (primary N) is 1. The molecule has 0 radical (unpaired) electrons. The molecule has 6 heteroatoms. The van der Waals surface area contributed by atoms with Crippen molar-refractivity contribution >= 4 is 11.8 Å². The Morgan fingerprint density at radius 2 is 2.24 bits per heavy atom. The van der Waals surface area contributed by atoms with E-state index in [1.54, 1.807) is 4.68 Å². The van der Waals surface area contributed by atoms with Crippen molar-refractivity contribution in [1.82, 2.24) is 19.7 Å². The number of aromatic nitrogens is 4. The largest absolute Gasteiger partial charge is 0.370 e. The summed E-state index contributed by atoms with van der Waals surface area (Å²) in [7, 11) is 1.91. The van der Waals surface area contributed by atoms with Crippen LogP contribution in [0.3, 0.4) is 0 Å². The molecule has 6 nitrogen and oxygen atoms in total. The van der Waals surface area contributed by atoms with Crippen molar-refractivity contribution in [2.24, 2.45) is 7.05 Å². The standard InChI is InChI=1S/C11H16N6/c1-8-7-10(15-11(12)14-8)13-5-3-9-4-6-17(2)16-9/h4,6-7H,3,5H2,1-2H3,(H3,12,13,14,15). The Hall–Kier alpha value is -2.11. The summed E-state index contributed by atoms with van der Waals surface area (Å²) in [6, 6.07) is 3.87. The van der Waals surface area contributed by atoms with E-state index >= 15 is 0 Å². The number of hydrogen-bond acceptors (Lipinski definition) is 5. The lowest BCUT2D eigenvalue weighted by Gasteiger charge is -2.05. The zero-order chi connectivity index (χ0) is 12.3. The van der Waals surface area contributed by atoms with Gasteiger partial charge in [-0.1, -0.05) is 0 Å². The molecule has 0 bridgehead atoms. The van der Waals surface area contributed by atoms with Crippen molar-refractivity contribution < 1.29 is 0 Å². The number of nitrogens with one attached hydrogen (secondary N) is 1. The molecule has 90 valence electrons. The quantitative estimate of drug-likeness (QED) is 0.813. The van der Waals surface area contributed by atoms with Crippen LogP contribution in [0.25, 0.3) is 0 Å². The number of rotatable bonds is 4. The first-order chi connectivity index (χ1) is 8.13. The molecular weight excluding hydrogens is 216 g/mol. The molecule has 2 aromatic heterocycles. The van der Waals surface area contributed by atoms with Crippen molar-refractivity contribution in [3.05, 3.63) is 29.7 Å². The monoisotopic (exact) mass is 232 g/mol. The Bertz CT molecular complexity index is 484. The first-order valence-electron chi connectivity index (χ1n) is 5.47. The Kier molecular flexibility index (Phi) is 3.22. The van der Waals surface area contributed by atoms with Crippen LogP contribution in [0.15, 0.2) is 18.3 Å². The zero-order valence-electron chi connectivity index (χ0n) is 10.0. The SMILES string of the molecule is Cc1cc(NCCc2ccn(C)n2)nc(N)n1. The smallest absolute Gasteiger partial charge is 0.222 e. The van der Waals surface area contributed by atoms with E-state index < -0.39 is 0 Å². The van der Waals surface area contributed by atoms with Gasteiger partial charge in [-0.3, -0.25) is 4.68 Å². The van der Waals surface area contributed by atoms with Gasteiger partial charge in [0.2, 0.25) is 5.95 Å². The lowest BCUT2D eigenvalue weighted by Crippen LogP contribution is -2.09. The summed E-state index contributed by atoms with van der Waals surface area (Å²) in [5.74, 6) is 1.05. The van der Waals surface area contributed by atoms with Crippen LogP contribution >= 0.6 is 0 Å². The molecule has 0 atom stereocenters. The fourth-order valence-corrected chi connectivity index (χ4v) is 1.60. The predicted octanol–water partition coefficient (Wildman–Crippen LogP) is 0.755. The molecule has 2 aromatic rings. The van der Waals surface area contributed by atoms with E-state index in [0.29, 0.717) is 5.95 Å². The fraction of sp³-hybridized carbons (Fsp3) is 0.364. The molecule has 0 fully saturated rings. The maximum Gasteiger partial charge on any atom is 0.222 e. The van der Waals surface area contributed by atoms with Crippen LogP contribution in [-0.2, 0) is 13.5 Å². The molecular formula is C11H16N6. The summed E-state index contributed by atoms with van der Waals surface area (Å²) < 4.78 is 1.79. The summed E-state index contributed by atoms with van der Waals surface area (Å²) in [6.45, 7) is 2.66. The third kappa shape index (κ3) is 3.17. The fourth-order valence-electron chi connectivity index (χ4n) is 1.60. The van der Waals surface area contributed by atoms with Crippen LogP contribution in [0, 0.1) is 6.92 Å². The molecule has 0 aliphatic carbocycles. The Balaban J connectivity index is 1.89. The Labute approximate surface area is 99.9 Å². The minimum atomic E-state index is 0.297. The summed E-state index contributed by atoms with van der Waals surface area (Å²) in [5, 5.41) is 7.50. The second kappa shape index (κ2) is 4.82. The minimum absolute atomic E-state index is 0.297. The van der Waals surface area contributed by atoms with Gasteiger partial charge in [-0.25, -0.2) is 4.98 Å². The van der Waals surface area contributed by atoms with Crippen LogP contribution in [0.1, 0.15) is 11.4 Å². The van der Waals surface area contributed by atoms with E-state index in [0.717, 1.165) is 30.2 Å². The van der Waals surface area contributed by atoms with E-state index in [4.69, 9.17) is 5.73 Å². The summed E-state index contributed by atoms with van der Waals surface area (Å²) >= 11 is 0. The average molecular weight is 232 g/mol. The van der Waals surface area contributed by atoms with Crippen molar-refractivity contribution in [3.8, 4) is 0 Å². The first kappa shape index (κ1) is 11.4. The van der Waals surface area contributed by atoms with Gasteiger partial charge in [-0.2, -0.15) is 10.1 Å². The number of nitrogen functional groups attached to an aromatic ring is 1. The van der Waals surface area contributed by atoms with Gasteiger partial charge in [-0.05, 0) is 13.0 Å². The average Bonchev–Trinajstić information content (AvgIpc) is 2.63. The molecule has 0 saturated carbocycles. The van der Waals surface area contributed by atoms with Crippen molar-refractivity contribution in [1.29, 1.82) is 0 Å². The number of anilines is 2. The Morgan fingerprint density at radius 1 is 1.41 bits per heavy atom. The molecule has 2 heterocycles. The Morgan fingerprint density at radius 3 is 2.88 bits per heavy atom. The topological polar surface area (TPSA) is 81.7 Å². The van der Waals surface area contributed by atoms with E-state index in [1.165, 1.54) is 0 Å². The number of hydrogen-bond donors (Lipinski definition) is 2. The van der Waals surface area contributed by atoms with Crippen LogP contribution in [0.2, 0.25) is 0 Å². The molecule has 17 heavy (non-hydrogen) atoms. The second-order valence-corrected chi connectivity index (χ2v) is 3.91. The van der Waals surface area contributed by atoms with Crippen LogP contribution in [-0.4, -0.2) is 26.3 Å². The summed E-state index contributed by atoms with van der Waals surface area (Å²) in [5.41, 5.74) is 7.48. The van der Waals surface area contributed by atoms with Gasteiger partial charge in [0.25, 0.3) is 0 Å². The van der Waals surface area contributed by atoms with Crippen LogP contribution < -0.4 is 11.1 Å². The normalized spacial score (nSPS) is 10.5. The minimum Gasteiger partial charge on any atom is -0.370 e. The summed E-state index contributed by atoms with van der Waals surface area (Å²) in [6.07, 6.45) is 2.78. The number of aryl methyl sites for hydroxylation is 2. The maximum absolute atomic E-state index is 5.57. The summed E-state index contributed by atoms with van der Waals surface area (Å²) in [4.78, 5) is 8.12. The van der Waals surface area contributed by atoms with Gasteiger partial charge >= 0.3 is 0 Å². The molecule has 0 amide bonds. The van der Waals surface area contributed by atoms with Gasteiger partial charge < -0.3 is 11.1 Å². The molecule has 0 spiro atoms. The molecule has 3 N–H and O–H groups in total. The molecule has 0 aliphatic rings. The van der Waals surface area contributed by atoms with E-state index in [1.807, 2.05) is 32.3 Å². The van der Waals surface area contributed by atoms with Crippen LogP contribution in [0.5, 0.6) is 0 Å². The van der Waals surface area contributed by atoms with E-state index in [-0.39, 0.29) is 0 Å². The van der Waals surface area contributed by atoms with Gasteiger partial charge in [0.1, 0.15) is 5.82 Å². The molecule has 0 aliphatic heterocycles. The van der Waals surface area contributed by atoms with Gasteiger partial charge in [0.05, 0.1) is 5.69 Å². The second-order valence-electron chi connectivity index (χ2n) is 3.91. The zero-order valence-corrected chi connectivity index (χ0v) is 10.0. The lowest BCUT2D eigenvalue weighted by atomic mass is 10.3. The lowest BCUT2D eigenvalue weighted by molar-refractivity contribution is 0.742. The highest BCUT2D eigenvalue weighted by molar-refractivity contribution is 5.40. The van der Waals surface area contributed by atoms with Gasteiger partial charge in [-0.15, -0.1) is 0 Å². The van der Waals surface area contributed by atoms with Crippen molar-refractivity contribution in [2.75, 3.05) is 17.6 Å². The molecule has 0 unspecified atom stereocenters. The predicted molar refractivity (Wildman–Crippen MR) is 66.6 cm³/mol. The molecule has 0 aromatic carbocycles.